The number of rotatable bonds is 5. The molecule has 2 aliphatic rings. The fourth-order valence-electron chi connectivity index (χ4n) is 3.18. The zero-order valence-electron chi connectivity index (χ0n) is 13.4. The Bertz CT molecular complexity index is 681. The third-order valence-corrected chi connectivity index (χ3v) is 5.97. The maximum Gasteiger partial charge on any atom is 0.127 e. The van der Waals surface area contributed by atoms with Gasteiger partial charge in [-0.25, -0.2) is 4.98 Å². The van der Waals surface area contributed by atoms with Gasteiger partial charge >= 0.3 is 0 Å². The maximum absolute atomic E-state index is 5.78. The zero-order chi connectivity index (χ0) is 15.6. The van der Waals surface area contributed by atoms with E-state index in [4.69, 9.17) is 9.47 Å². The lowest BCUT2D eigenvalue weighted by atomic mass is 9.86. The van der Waals surface area contributed by atoms with E-state index < -0.39 is 0 Å². The van der Waals surface area contributed by atoms with Gasteiger partial charge in [0.2, 0.25) is 0 Å². The lowest BCUT2D eigenvalue weighted by Gasteiger charge is -2.27. The maximum atomic E-state index is 5.78. The molecular weight excluding hydrogens is 308 g/mol. The number of thiazole rings is 1. The van der Waals surface area contributed by atoms with Gasteiger partial charge < -0.3 is 14.8 Å². The molecule has 1 N–H and O–H groups in total. The molecule has 1 aliphatic heterocycles. The summed E-state index contributed by atoms with van der Waals surface area (Å²) in [5.74, 6) is 2.51. The number of aromatic nitrogens is 1. The Morgan fingerprint density at radius 2 is 2.26 bits per heavy atom. The minimum Gasteiger partial charge on any atom is -0.497 e. The lowest BCUT2D eigenvalue weighted by molar-refractivity contribution is 0.251. The van der Waals surface area contributed by atoms with Crippen molar-refractivity contribution >= 4 is 11.3 Å². The van der Waals surface area contributed by atoms with Crippen molar-refractivity contribution in [3.05, 3.63) is 39.8 Å². The summed E-state index contributed by atoms with van der Waals surface area (Å²) in [7, 11) is 1.68. The summed E-state index contributed by atoms with van der Waals surface area (Å²) in [5.41, 5.74) is 1.22. The molecule has 0 radical (unpaired) electrons. The van der Waals surface area contributed by atoms with Crippen LogP contribution in [0.15, 0.2) is 24.4 Å². The molecular formula is C18H22N2O2S. The lowest BCUT2D eigenvalue weighted by Crippen LogP contribution is -2.26. The molecule has 0 amide bonds. The first-order chi connectivity index (χ1) is 11.3. The molecule has 1 aromatic heterocycles. The first kappa shape index (κ1) is 15.0. The summed E-state index contributed by atoms with van der Waals surface area (Å²) < 4.78 is 11.1. The van der Waals surface area contributed by atoms with Crippen molar-refractivity contribution in [1.82, 2.24) is 10.3 Å². The number of nitrogens with one attached hydrogen (secondary N) is 1. The molecule has 1 aliphatic carbocycles. The molecule has 5 heteroatoms. The number of hydrogen-bond donors (Lipinski definition) is 1. The highest BCUT2D eigenvalue weighted by atomic mass is 32.1. The number of ether oxygens (including phenoxy) is 2. The molecule has 1 fully saturated rings. The average Bonchev–Trinajstić information content (AvgIpc) is 2.99. The molecule has 1 aromatic carbocycles. The molecule has 122 valence electrons. The Kier molecular flexibility index (Phi) is 4.23. The standard InChI is InChI=1S/C18H22N2O2S/c1-21-13-5-6-15-16(7-8-22-17(15)9-13)19-10-14-11-20-18(23-14)12-3-2-4-12/h5-6,9,11-12,16,19H,2-4,7-8,10H2,1H3. The molecule has 1 atom stereocenters. The van der Waals surface area contributed by atoms with Gasteiger partial charge in [0.15, 0.2) is 0 Å². The number of methoxy groups -OCH3 is 1. The molecule has 1 unspecified atom stereocenters. The van der Waals surface area contributed by atoms with Crippen LogP contribution < -0.4 is 14.8 Å². The molecule has 0 spiro atoms. The van der Waals surface area contributed by atoms with Crippen molar-refractivity contribution in [2.75, 3.05) is 13.7 Å². The highest BCUT2D eigenvalue weighted by Crippen LogP contribution is 2.38. The van der Waals surface area contributed by atoms with Crippen LogP contribution in [0.25, 0.3) is 0 Å². The normalized spacial score (nSPS) is 20.5. The first-order valence-corrected chi connectivity index (χ1v) is 9.14. The number of hydrogen-bond acceptors (Lipinski definition) is 5. The Hall–Kier alpha value is -1.59. The molecule has 0 saturated heterocycles. The minimum atomic E-state index is 0.332. The van der Waals surface area contributed by atoms with Gasteiger partial charge in [0.05, 0.1) is 18.7 Å². The average molecular weight is 330 g/mol. The molecule has 4 nitrogen and oxygen atoms in total. The molecule has 1 saturated carbocycles. The van der Waals surface area contributed by atoms with Crippen molar-refractivity contribution in [1.29, 1.82) is 0 Å². The van der Waals surface area contributed by atoms with E-state index in [1.807, 2.05) is 29.7 Å². The highest BCUT2D eigenvalue weighted by Gasteiger charge is 2.24. The molecule has 2 heterocycles. The van der Waals surface area contributed by atoms with Gasteiger partial charge in [-0.1, -0.05) is 12.5 Å². The summed E-state index contributed by atoms with van der Waals surface area (Å²) in [6.07, 6.45) is 7.03. The topological polar surface area (TPSA) is 43.4 Å². The van der Waals surface area contributed by atoms with E-state index in [0.29, 0.717) is 6.04 Å². The van der Waals surface area contributed by atoms with Crippen LogP contribution in [0.3, 0.4) is 0 Å². The predicted molar refractivity (Wildman–Crippen MR) is 91.4 cm³/mol. The van der Waals surface area contributed by atoms with Crippen LogP contribution in [-0.4, -0.2) is 18.7 Å². The van der Waals surface area contributed by atoms with E-state index >= 15 is 0 Å². The van der Waals surface area contributed by atoms with Crippen molar-refractivity contribution in [3.63, 3.8) is 0 Å². The zero-order valence-corrected chi connectivity index (χ0v) is 14.2. The van der Waals surface area contributed by atoms with Crippen LogP contribution in [0.1, 0.15) is 53.1 Å². The Balaban J connectivity index is 1.42. The summed E-state index contributed by atoms with van der Waals surface area (Å²) in [4.78, 5) is 5.93. The minimum absolute atomic E-state index is 0.332. The molecule has 4 rings (SSSR count). The number of nitrogens with zero attached hydrogens (tertiary/aromatic N) is 1. The van der Waals surface area contributed by atoms with Crippen molar-refractivity contribution in [2.45, 2.75) is 44.2 Å². The van der Waals surface area contributed by atoms with Crippen LogP contribution in [0.5, 0.6) is 11.5 Å². The van der Waals surface area contributed by atoms with Crippen molar-refractivity contribution < 1.29 is 9.47 Å². The van der Waals surface area contributed by atoms with E-state index in [1.165, 1.54) is 34.7 Å². The van der Waals surface area contributed by atoms with E-state index in [1.54, 1.807) is 7.11 Å². The first-order valence-electron chi connectivity index (χ1n) is 8.32. The molecule has 2 aromatic rings. The summed E-state index contributed by atoms with van der Waals surface area (Å²) in [5, 5.41) is 4.99. The Morgan fingerprint density at radius 1 is 1.35 bits per heavy atom. The van der Waals surface area contributed by atoms with Gasteiger partial charge in [-0.05, 0) is 18.9 Å². The van der Waals surface area contributed by atoms with Gasteiger partial charge in [0, 0.05) is 47.6 Å². The Morgan fingerprint density at radius 3 is 3.04 bits per heavy atom. The summed E-state index contributed by atoms with van der Waals surface area (Å²) >= 11 is 1.87. The fraction of sp³-hybridized carbons (Fsp3) is 0.500. The van der Waals surface area contributed by atoms with Crippen LogP contribution in [-0.2, 0) is 6.54 Å². The van der Waals surface area contributed by atoms with Gasteiger partial charge in [-0.3, -0.25) is 0 Å². The second-order valence-electron chi connectivity index (χ2n) is 6.27. The van der Waals surface area contributed by atoms with E-state index in [9.17, 15) is 0 Å². The Labute approximate surface area is 140 Å². The molecule has 0 bridgehead atoms. The van der Waals surface area contributed by atoms with Crippen LogP contribution >= 0.6 is 11.3 Å². The van der Waals surface area contributed by atoms with E-state index in [2.05, 4.69) is 16.4 Å². The second-order valence-corrected chi connectivity index (χ2v) is 7.41. The second kappa shape index (κ2) is 6.49. The van der Waals surface area contributed by atoms with Crippen LogP contribution in [0, 0.1) is 0 Å². The van der Waals surface area contributed by atoms with Crippen molar-refractivity contribution in [3.8, 4) is 11.5 Å². The monoisotopic (exact) mass is 330 g/mol. The summed E-state index contributed by atoms with van der Waals surface area (Å²) in [6.45, 7) is 1.62. The van der Waals surface area contributed by atoms with Crippen LogP contribution in [0.4, 0.5) is 0 Å². The summed E-state index contributed by atoms with van der Waals surface area (Å²) in [6, 6.07) is 6.42. The predicted octanol–water partition coefficient (Wildman–Crippen LogP) is 4.03. The fourth-order valence-corrected chi connectivity index (χ4v) is 4.22. The largest absolute Gasteiger partial charge is 0.497 e. The van der Waals surface area contributed by atoms with E-state index in [-0.39, 0.29) is 0 Å². The number of fused-ring (bicyclic) bond motifs is 1. The number of benzene rings is 1. The van der Waals surface area contributed by atoms with Crippen LogP contribution in [0.2, 0.25) is 0 Å². The van der Waals surface area contributed by atoms with Gasteiger partial charge in [-0.15, -0.1) is 11.3 Å². The quantitative estimate of drug-likeness (QED) is 0.899. The van der Waals surface area contributed by atoms with E-state index in [0.717, 1.165) is 37.0 Å². The third-order valence-electron chi connectivity index (χ3n) is 4.81. The van der Waals surface area contributed by atoms with Gasteiger partial charge in [0.1, 0.15) is 11.5 Å². The molecule has 23 heavy (non-hydrogen) atoms. The SMILES string of the molecule is COc1ccc2c(c1)OCCC2NCc1cnc(C2CCC2)s1. The van der Waals surface area contributed by atoms with Gasteiger partial charge in [0.25, 0.3) is 0 Å². The third kappa shape index (κ3) is 3.08. The van der Waals surface area contributed by atoms with Gasteiger partial charge in [-0.2, -0.15) is 0 Å². The van der Waals surface area contributed by atoms with Crippen molar-refractivity contribution in [2.24, 2.45) is 0 Å². The smallest absolute Gasteiger partial charge is 0.127 e. The highest BCUT2D eigenvalue weighted by molar-refractivity contribution is 7.11.